The van der Waals surface area contributed by atoms with E-state index in [9.17, 15) is 14.4 Å². The summed E-state index contributed by atoms with van der Waals surface area (Å²) in [6.07, 6.45) is 1.28. The van der Waals surface area contributed by atoms with Crippen LogP contribution >= 0.6 is 0 Å². The third kappa shape index (κ3) is 4.78. The average Bonchev–Trinajstić information content (AvgIpc) is 3.12. The molecule has 1 aliphatic rings. The lowest BCUT2D eigenvalue weighted by atomic mass is 10.1. The minimum atomic E-state index is -0.632. The van der Waals surface area contributed by atoms with E-state index in [1.54, 1.807) is 15.9 Å². The van der Waals surface area contributed by atoms with Crippen LogP contribution in [0.25, 0.3) is 10.8 Å². The highest BCUT2D eigenvalue weighted by Crippen LogP contribution is 2.37. The lowest BCUT2D eigenvalue weighted by molar-refractivity contribution is -0.140. The Hall–Kier alpha value is -3.67. The number of carbonyl (C=O) groups is 3. The first-order valence-corrected chi connectivity index (χ1v) is 12.3. The third-order valence-corrected chi connectivity index (χ3v) is 6.93. The second-order valence-electron chi connectivity index (χ2n) is 9.26. The summed E-state index contributed by atoms with van der Waals surface area (Å²) < 4.78 is 0. The average molecular weight is 472 g/mol. The fourth-order valence-electron chi connectivity index (χ4n) is 4.69. The summed E-state index contributed by atoms with van der Waals surface area (Å²) in [5, 5.41) is 4.88. The Morgan fingerprint density at radius 2 is 1.69 bits per heavy atom. The van der Waals surface area contributed by atoms with Gasteiger partial charge in [0.15, 0.2) is 0 Å². The van der Waals surface area contributed by atoms with Gasteiger partial charge in [0.25, 0.3) is 5.91 Å². The zero-order valence-corrected chi connectivity index (χ0v) is 20.9. The van der Waals surface area contributed by atoms with Crippen LogP contribution in [0.3, 0.4) is 0 Å². The standard InChI is InChI=1S/C29H33N3O3/c1-5-20(4)30-28(34)24(6-2)31(17-22-12-8-7-11-19(22)3)26(33)18-32-25-16-10-14-21-13-9-15-23(27(21)25)29(32)35/h7-16,20,24H,5-6,17-18H2,1-4H3,(H,30,34)/t20-,24-/m0/s1. The second kappa shape index (κ2) is 10.3. The molecule has 1 aliphatic heterocycles. The number of nitrogens with one attached hydrogen (secondary N) is 1. The molecule has 0 radical (unpaired) electrons. The van der Waals surface area contributed by atoms with Crippen LogP contribution in [0.5, 0.6) is 0 Å². The van der Waals surface area contributed by atoms with Gasteiger partial charge in [0, 0.05) is 23.5 Å². The van der Waals surface area contributed by atoms with Gasteiger partial charge in [-0.05, 0) is 55.3 Å². The summed E-state index contributed by atoms with van der Waals surface area (Å²) in [4.78, 5) is 43.5. The molecule has 0 unspecified atom stereocenters. The number of carbonyl (C=O) groups excluding carboxylic acids is 3. The predicted octanol–water partition coefficient (Wildman–Crippen LogP) is 4.83. The molecule has 4 rings (SSSR count). The predicted molar refractivity (Wildman–Crippen MR) is 139 cm³/mol. The van der Waals surface area contributed by atoms with Crippen molar-refractivity contribution in [3.63, 3.8) is 0 Å². The number of benzene rings is 3. The number of rotatable bonds is 9. The molecule has 6 heteroatoms. The number of anilines is 1. The maximum atomic E-state index is 13.8. The molecular weight excluding hydrogens is 438 g/mol. The van der Waals surface area contributed by atoms with E-state index in [-0.39, 0.29) is 30.3 Å². The van der Waals surface area contributed by atoms with Crippen molar-refractivity contribution >= 4 is 34.2 Å². The van der Waals surface area contributed by atoms with Crippen molar-refractivity contribution in [2.75, 3.05) is 11.4 Å². The number of hydrogen-bond donors (Lipinski definition) is 1. The molecule has 0 saturated carbocycles. The van der Waals surface area contributed by atoms with E-state index < -0.39 is 6.04 Å². The van der Waals surface area contributed by atoms with Crippen LogP contribution in [0.1, 0.15) is 55.1 Å². The largest absolute Gasteiger partial charge is 0.352 e. The van der Waals surface area contributed by atoms with Crippen molar-refractivity contribution in [1.29, 1.82) is 0 Å². The molecule has 3 aromatic rings. The van der Waals surface area contributed by atoms with Crippen molar-refractivity contribution in [2.24, 2.45) is 0 Å². The van der Waals surface area contributed by atoms with Crippen molar-refractivity contribution in [1.82, 2.24) is 10.2 Å². The van der Waals surface area contributed by atoms with E-state index in [1.807, 2.05) is 82.3 Å². The van der Waals surface area contributed by atoms with Gasteiger partial charge in [-0.25, -0.2) is 0 Å². The van der Waals surface area contributed by atoms with Crippen LogP contribution < -0.4 is 10.2 Å². The first kappa shape index (κ1) is 24.5. The summed E-state index contributed by atoms with van der Waals surface area (Å²) in [5.41, 5.74) is 3.38. The highest BCUT2D eigenvalue weighted by atomic mass is 16.2. The number of amides is 3. The molecule has 35 heavy (non-hydrogen) atoms. The quantitative estimate of drug-likeness (QED) is 0.486. The van der Waals surface area contributed by atoms with E-state index >= 15 is 0 Å². The first-order valence-electron chi connectivity index (χ1n) is 12.3. The summed E-state index contributed by atoms with van der Waals surface area (Å²) in [6.45, 7) is 8.07. The molecule has 0 bridgehead atoms. The Balaban J connectivity index is 1.66. The third-order valence-electron chi connectivity index (χ3n) is 6.93. The summed E-state index contributed by atoms with van der Waals surface area (Å²) in [5.74, 6) is -0.599. The monoisotopic (exact) mass is 471 g/mol. The molecular formula is C29H33N3O3. The van der Waals surface area contributed by atoms with Gasteiger partial charge in [-0.1, -0.05) is 62.4 Å². The topological polar surface area (TPSA) is 69.7 Å². The molecule has 1 heterocycles. The SMILES string of the molecule is CC[C@H](C)NC(=O)[C@H](CC)N(Cc1ccccc1C)C(=O)CN1C(=O)c2cccc3cccc1c23. The number of nitrogens with zero attached hydrogens (tertiary/aromatic N) is 2. The summed E-state index contributed by atoms with van der Waals surface area (Å²) >= 11 is 0. The minimum Gasteiger partial charge on any atom is -0.352 e. The van der Waals surface area contributed by atoms with Crippen LogP contribution in [0.4, 0.5) is 5.69 Å². The van der Waals surface area contributed by atoms with Gasteiger partial charge in [-0.3, -0.25) is 19.3 Å². The summed E-state index contributed by atoms with van der Waals surface area (Å²) in [6, 6.07) is 18.6. The highest BCUT2D eigenvalue weighted by molar-refractivity contribution is 6.26. The van der Waals surface area contributed by atoms with E-state index in [4.69, 9.17) is 0 Å². The van der Waals surface area contributed by atoms with Gasteiger partial charge >= 0.3 is 0 Å². The maximum Gasteiger partial charge on any atom is 0.259 e. The molecule has 3 aromatic carbocycles. The lowest BCUT2D eigenvalue weighted by Gasteiger charge is -2.33. The van der Waals surface area contributed by atoms with Gasteiger partial charge in [-0.2, -0.15) is 0 Å². The van der Waals surface area contributed by atoms with E-state index in [2.05, 4.69) is 5.32 Å². The first-order chi connectivity index (χ1) is 16.8. The minimum absolute atomic E-state index is 0.0132. The van der Waals surface area contributed by atoms with Gasteiger partial charge in [0.2, 0.25) is 11.8 Å². The van der Waals surface area contributed by atoms with Gasteiger partial charge in [-0.15, -0.1) is 0 Å². The second-order valence-corrected chi connectivity index (χ2v) is 9.26. The van der Waals surface area contributed by atoms with Crippen LogP contribution in [-0.2, 0) is 16.1 Å². The van der Waals surface area contributed by atoms with Crippen molar-refractivity contribution in [3.8, 4) is 0 Å². The van der Waals surface area contributed by atoms with Crippen LogP contribution in [0.2, 0.25) is 0 Å². The smallest absolute Gasteiger partial charge is 0.259 e. The lowest BCUT2D eigenvalue weighted by Crippen LogP contribution is -2.53. The normalized spacial score (nSPS) is 14.2. The molecule has 182 valence electrons. The zero-order valence-electron chi connectivity index (χ0n) is 20.9. The van der Waals surface area contributed by atoms with E-state index in [1.165, 1.54) is 0 Å². The van der Waals surface area contributed by atoms with Gasteiger partial charge in [0.05, 0.1) is 5.69 Å². The molecule has 0 saturated heterocycles. The highest BCUT2D eigenvalue weighted by Gasteiger charge is 2.35. The van der Waals surface area contributed by atoms with Crippen molar-refractivity contribution < 1.29 is 14.4 Å². The van der Waals surface area contributed by atoms with Crippen LogP contribution in [0.15, 0.2) is 60.7 Å². The fourth-order valence-corrected chi connectivity index (χ4v) is 4.69. The Labute approximate surface area is 206 Å². The van der Waals surface area contributed by atoms with Crippen molar-refractivity contribution in [2.45, 2.75) is 59.2 Å². The Kier molecular flexibility index (Phi) is 7.20. The molecule has 0 aromatic heterocycles. The Bertz CT molecular complexity index is 1260. The van der Waals surface area contributed by atoms with E-state index in [0.29, 0.717) is 18.5 Å². The molecule has 2 atom stereocenters. The molecule has 6 nitrogen and oxygen atoms in total. The Morgan fingerprint density at radius 3 is 2.37 bits per heavy atom. The molecule has 1 N–H and O–H groups in total. The number of hydrogen-bond acceptors (Lipinski definition) is 3. The van der Waals surface area contributed by atoms with Gasteiger partial charge < -0.3 is 10.2 Å². The van der Waals surface area contributed by atoms with Gasteiger partial charge in [0.1, 0.15) is 12.6 Å². The molecule has 0 aliphatic carbocycles. The van der Waals surface area contributed by atoms with E-state index in [0.717, 1.165) is 34.0 Å². The zero-order chi connectivity index (χ0) is 25.1. The maximum absolute atomic E-state index is 13.8. The molecule has 0 spiro atoms. The molecule has 0 fully saturated rings. The summed E-state index contributed by atoms with van der Waals surface area (Å²) in [7, 11) is 0. The van der Waals surface area contributed by atoms with Crippen molar-refractivity contribution in [3.05, 3.63) is 77.4 Å². The Morgan fingerprint density at radius 1 is 0.971 bits per heavy atom. The number of aryl methyl sites for hydroxylation is 1. The fraction of sp³-hybridized carbons (Fsp3) is 0.345. The molecule has 3 amide bonds. The van der Waals surface area contributed by atoms with Crippen LogP contribution in [-0.4, -0.2) is 41.2 Å². The van der Waals surface area contributed by atoms with Crippen LogP contribution in [0, 0.1) is 6.92 Å².